The van der Waals surface area contributed by atoms with E-state index in [1.807, 2.05) is 18.2 Å². The number of amides is 1. The summed E-state index contributed by atoms with van der Waals surface area (Å²) < 4.78 is 11.0. The van der Waals surface area contributed by atoms with Gasteiger partial charge in [-0.15, -0.1) is 0 Å². The van der Waals surface area contributed by atoms with Crippen LogP contribution < -0.4 is 0 Å². The summed E-state index contributed by atoms with van der Waals surface area (Å²) in [7, 11) is 1.52. The zero-order valence-corrected chi connectivity index (χ0v) is 15.1. The van der Waals surface area contributed by atoms with Crippen molar-refractivity contribution in [1.29, 1.82) is 0 Å². The van der Waals surface area contributed by atoms with Gasteiger partial charge in [-0.1, -0.05) is 32.0 Å². The fourth-order valence-electron chi connectivity index (χ4n) is 3.23. The summed E-state index contributed by atoms with van der Waals surface area (Å²) in [6.45, 7) is 4.47. The molecule has 0 bridgehead atoms. The summed E-state index contributed by atoms with van der Waals surface area (Å²) in [5.74, 6) is -0.349. The van der Waals surface area contributed by atoms with Gasteiger partial charge in [-0.05, 0) is 29.7 Å². The van der Waals surface area contributed by atoms with Gasteiger partial charge in [0, 0.05) is 25.6 Å². The van der Waals surface area contributed by atoms with Crippen LogP contribution in [0.1, 0.15) is 42.3 Å². The van der Waals surface area contributed by atoms with E-state index < -0.39 is 17.9 Å². The van der Waals surface area contributed by atoms with E-state index in [1.54, 1.807) is 12.1 Å². The Morgan fingerprint density at radius 1 is 1.27 bits per heavy atom. The summed E-state index contributed by atoms with van der Waals surface area (Å²) in [6, 6.07) is 10.4. The monoisotopic (exact) mass is 357 g/mol. The predicted octanol–water partition coefficient (Wildman–Crippen LogP) is 3.38. The third kappa shape index (κ3) is 3.51. The first-order valence-electron chi connectivity index (χ1n) is 8.67. The van der Waals surface area contributed by atoms with E-state index in [0.29, 0.717) is 11.7 Å². The molecule has 1 saturated heterocycles. The molecule has 138 valence electrons. The van der Waals surface area contributed by atoms with Gasteiger partial charge in [-0.3, -0.25) is 4.79 Å². The van der Waals surface area contributed by atoms with Gasteiger partial charge in [0.2, 0.25) is 0 Å². The number of benzene rings is 1. The number of hydrogen-bond acceptors (Lipinski definition) is 4. The normalized spacial score (nSPS) is 19.9. The lowest BCUT2D eigenvalue weighted by atomic mass is 10.0. The molecule has 1 aromatic carbocycles. The van der Waals surface area contributed by atoms with Crippen molar-refractivity contribution in [3.05, 3.63) is 47.7 Å². The van der Waals surface area contributed by atoms with Gasteiger partial charge in [-0.25, -0.2) is 4.79 Å². The molecule has 1 aromatic heterocycles. The molecule has 2 heterocycles. The first-order chi connectivity index (χ1) is 12.4. The number of likely N-dealkylation sites (tertiary alicyclic amines) is 1. The molecule has 2 aromatic rings. The van der Waals surface area contributed by atoms with E-state index >= 15 is 0 Å². The average molecular weight is 357 g/mol. The SMILES string of the molecule is COC1CC(C(=O)O)N(C(=O)c2ccc(-c3cccc(C(C)C)c3)o2)C1. The van der Waals surface area contributed by atoms with E-state index in [-0.39, 0.29) is 24.8 Å². The molecular formula is C20H23NO5. The molecule has 3 rings (SSSR count). The number of aliphatic carboxylic acids is 1. The Balaban J connectivity index is 1.84. The van der Waals surface area contributed by atoms with Crippen LogP contribution in [0.25, 0.3) is 11.3 Å². The molecule has 26 heavy (non-hydrogen) atoms. The molecule has 1 aliphatic rings. The zero-order valence-electron chi connectivity index (χ0n) is 15.1. The van der Waals surface area contributed by atoms with Gasteiger partial charge in [0.25, 0.3) is 5.91 Å². The van der Waals surface area contributed by atoms with Crippen molar-refractivity contribution in [1.82, 2.24) is 4.90 Å². The lowest BCUT2D eigenvalue weighted by Crippen LogP contribution is -2.40. The topological polar surface area (TPSA) is 80.0 Å². The number of rotatable bonds is 5. The van der Waals surface area contributed by atoms with Crippen LogP contribution in [0.5, 0.6) is 0 Å². The predicted molar refractivity (Wildman–Crippen MR) is 96.1 cm³/mol. The van der Waals surface area contributed by atoms with Crippen molar-refractivity contribution in [2.75, 3.05) is 13.7 Å². The van der Waals surface area contributed by atoms with E-state index in [1.165, 1.54) is 17.6 Å². The molecule has 0 aliphatic carbocycles. The van der Waals surface area contributed by atoms with Gasteiger partial charge < -0.3 is 19.2 Å². The highest BCUT2D eigenvalue weighted by atomic mass is 16.5. The number of carboxylic acid groups (broad SMARTS) is 1. The van der Waals surface area contributed by atoms with Crippen LogP contribution in [-0.4, -0.2) is 47.7 Å². The molecule has 1 N–H and O–H groups in total. The number of ether oxygens (including phenoxy) is 1. The third-order valence-electron chi connectivity index (χ3n) is 4.80. The molecule has 6 nitrogen and oxygen atoms in total. The van der Waals surface area contributed by atoms with Crippen LogP contribution in [0.3, 0.4) is 0 Å². The van der Waals surface area contributed by atoms with Gasteiger partial charge in [-0.2, -0.15) is 0 Å². The van der Waals surface area contributed by atoms with E-state index in [4.69, 9.17) is 9.15 Å². The Bertz CT molecular complexity index is 810. The molecular weight excluding hydrogens is 334 g/mol. The Labute approximate surface area is 152 Å². The first-order valence-corrected chi connectivity index (χ1v) is 8.67. The van der Waals surface area contributed by atoms with Gasteiger partial charge >= 0.3 is 5.97 Å². The van der Waals surface area contributed by atoms with E-state index in [2.05, 4.69) is 19.9 Å². The van der Waals surface area contributed by atoms with E-state index in [0.717, 1.165) is 5.56 Å². The van der Waals surface area contributed by atoms with Crippen molar-refractivity contribution in [2.24, 2.45) is 0 Å². The largest absolute Gasteiger partial charge is 0.480 e. The van der Waals surface area contributed by atoms with Crippen LogP contribution in [0, 0.1) is 0 Å². The molecule has 0 spiro atoms. The molecule has 1 aliphatic heterocycles. The fraction of sp³-hybridized carbons (Fsp3) is 0.400. The second-order valence-corrected chi connectivity index (χ2v) is 6.85. The average Bonchev–Trinajstić information content (AvgIpc) is 3.28. The standard InChI is InChI=1S/C20H23NO5/c1-12(2)13-5-4-6-14(9-13)17-7-8-18(26-17)19(22)21-11-15(25-3)10-16(21)20(23)24/h4-9,12,15-16H,10-11H2,1-3H3,(H,23,24). The number of carbonyl (C=O) groups is 2. The number of methoxy groups -OCH3 is 1. The maximum Gasteiger partial charge on any atom is 0.326 e. The Hall–Kier alpha value is -2.60. The van der Waals surface area contributed by atoms with Crippen molar-refractivity contribution in [3.63, 3.8) is 0 Å². The maximum atomic E-state index is 12.8. The summed E-state index contributed by atoms with van der Waals surface area (Å²) in [5, 5.41) is 9.38. The lowest BCUT2D eigenvalue weighted by Gasteiger charge is -2.19. The molecule has 2 unspecified atom stereocenters. The van der Waals surface area contributed by atoms with Crippen LogP contribution in [0.4, 0.5) is 0 Å². The minimum absolute atomic E-state index is 0.137. The lowest BCUT2D eigenvalue weighted by molar-refractivity contribution is -0.141. The number of hydrogen-bond donors (Lipinski definition) is 1. The van der Waals surface area contributed by atoms with Crippen LogP contribution in [0.15, 0.2) is 40.8 Å². The summed E-state index contributed by atoms with van der Waals surface area (Å²) in [6.07, 6.45) is -0.00103. The highest BCUT2D eigenvalue weighted by molar-refractivity contribution is 5.95. The zero-order chi connectivity index (χ0) is 18.8. The number of carbonyl (C=O) groups excluding carboxylic acids is 1. The number of carboxylic acids is 1. The quantitative estimate of drug-likeness (QED) is 0.887. The van der Waals surface area contributed by atoms with E-state index in [9.17, 15) is 14.7 Å². The second-order valence-electron chi connectivity index (χ2n) is 6.85. The van der Waals surface area contributed by atoms with Crippen molar-refractivity contribution >= 4 is 11.9 Å². The highest BCUT2D eigenvalue weighted by Crippen LogP contribution is 2.28. The summed E-state index contributed by atoms with van der Waals surface area (Å²) >= 11 is 0. The van der Waals surface area contributed by atoms with Crippen molar-refractivity contribution < 1.29 is 23.8 Å². The highest BCUT2D eigenvalue weighted by Gasteiger charge is 2.41. The minimum atomic E-state index is -1.03. The third-order valence-corrected chi connectivity index (χ3v) is 4.80. The van der Waals surface area contributed by atoms with Gasteiger partial charge in [0.05, 0.1) is 6.10 Å². The van der Waals surface area contributed by atoms with Crippen molar-refractivity contribution in [2.45, 2.75) is 38.3 Å². The molecule has 0 saturated carbocycles. The Morgan fingerprint density at radius 3 is 2.69 bits per heavy atom. The second kappa shape index (κ2) is 7.33. The van der Waals surface area contributed by atoms with Gasteiger partial charge in [0.15, 0.2) is 5.76 Å². The smallest absolute Gasteiger partial charge is 0.326 e. The van der Waals surface area contributed by atoms with Gasteiger partial charge in [0.1, 0.15) is 11.8 Å². The minimum Gasteiger partial charge on any atom is -0.480 e. The molecule has 6 heteroatoms. The number of furan rings is 1. The van der Waals surface area contributed by atoms with Crippen LogP contribution in [0.2, 0.25) is 0 Å². The fourth-order valence-corrected chi connectivity index (χ4v) is 3.23. The molecule has 0 radical (unpaired) electrons. The number of nitrogens with zero attached hydrogens (tertiary/aromatic N) is 1. The maximum absolute atomic E-state index is 12.8. The molecule has 1 fully saturated rings. The van der Waals surface area contributed by atoms with Crippen LogP contribution in [-0.2, 0) is 9.53 Å². The van der Waals surface area contributed by atoms with Crippen LogP contribution >= 0.6 is 0 Å². The summed E-state index contributed by atoms with van der Waals surface area (Å²) in [5.41, 5.74) is 2.07. The Kier molecular flexibility index (Phi) is 5.13. The molecule has 2 atom stereocenters. The summed E-state index contributed by atoms with van der Waals surface area (Å²) in [4.78, 5) is 25.5. The molecule has 1 amide bonds. The Morgan fingerprint density at radius 2 is 2.04 bits per heavy atom. The first kappa shape index (κ1) is 18.2. The van der Waals surface area contributed by atoms with Crippen molar-refractivity contribution in [3.8, 4) is 11.3 Å².